The van der Waals surface area contributed by atoms with E-state index < -0.39 is 0 Å². The van der Waals surface area contributed by atoms with Crippen molar-refractivity contribution in [2.75, 3.05) is 0 Å². The predicted molar refractivity (Wildman–Crippen MR) is 56.7 cm³/mol. The lowest BCUT2D eigenvalue weighted by Crippen LogP contribution is -2.11. The smallest absolute Gasteiger partial charge is 0.217 e. The molecule has 2 N–H and O–H groups in total. The summed E-state index contributed by atoms with van der Waals surface area (Å²) in [6, 6.07) is 8.07. The Kier molecular flexibility index (Phi) is 3.52. The number of carbonyl (C=O) groups excluding carboxylic acids is 1. The molecule has 0 radical (unpaired) electrons. The van der Waals surface area contributed by atoms with Gasteiger partial charge in [-0.2, -0.15) is 0 Å². The first-order valence-electron chi connectivity index (χ1n) is 3.71. The summed E-state index contributed by atoms with van der Waals surface area (Å²) in [5.74, 6) is -0.242. The molecule has 0 spiro atoms. The first-order chi connectivity index (χ1) is 5.68. The van der Waals surface area contributed by atoms with Crippen molar-refractivity contribution in [3.63, 3.8) is 0 Å². The van der Waals surface area contributed by atoms with E-state index in [9.17, 15) is 4.79 Å². The quantitative estimate of drug-likeness (QED) is 0.838. The maximum Gasteiger partial charge on any atom is 0.217 e. The molecule has 1 amide bonds. The van der Waals surface area contributed by atoms with Gasteiger partial charge in [0.25, 0.3) is 0 Å². The van der Waals surface area contributed by atoms with Crippen LogP contribution in [0.2, 0.25) is 0 Å². The zero-order valence-corrected chi connectivity index (χ0v) is 8.74. The van der Waals surface area contributed by atoms with E-state index in [0.29, 0.717) is 6.42 Å². The Morgan fingerprint density at radius 3 is 2.83 bits per heavy atom. The molecular weight excluding hydrogens is 265 g/mol. The monoisotopic (exact) mass is 275 g/mol. The standard InChI is InChI=1S/C9H10INO/c10-8-3-1-2-7(6-8)4-5-9(11)12/h1-3,6H,4-5H2,(H2,11,12). The van der Waals surface area contributed by atoms with Gasteiger partial charge in [-0.1, -0.05) is 12.1 Å². The van der Waals surface area contributed by atoms with E-state index in [4.69, 9.17) is 5.73 Å². The van der Waals surface area contributed by atoms with Crippen LogP contribution in [0.15, 0.2) is 24.3 Å². The molecule has 0 saturated carbocycles. The number of amides is 1. The molecule has 1 rings (SSSR count). The third kappa shape index (κ3) is 3.21. The zero-order valence-electron chi connectivity index (χ0n) is 6.59. The lowest BCUT2D eigenvalue weighted by molar-refractivity contribution is -0.117. The van der Waals surface area contributed by atoms with Crippen molar-refractivity contribution in [1.82, 2.24) is 0 Å². The van der Waals surface area contributed by atoms with Crippen LogP contribution in [-0.2, 0) is 11.2 Å². The molecular formula is C9H10INO. The minimum absolute atomic E-state index is 0.242. The summed E-state index contributed by atoms with van der Waals surface area (Å²) in [4.78, 5) is 10.5. The van der Waals surface area contributed by atoms with Gasteiger partial charge in [0.2, 0.25) is 5.91 Å². The van der Waals surface area contributed by atoms with Gasteiger partial charge in [0.1, 0.15) is 0 Å². The van der Waals surface area contributed by atoms with E-state index >= 15 is 0 Å². The summed E-state index contributed by atoms with van der Waals surface area (Å²) in [6.07, 6.45) is 1.17. The highest BCUT2D eigenvalue weighted by atomic mass is 127. The van der Waals surface area contributed by atoms with Gasteiger partial charge in [-0.05, 0) is 46.7 Å². The molecule has 0 atom stereocenters. The second kappa shape index (κ2) is 4.45. The predicted octanol–water partition coefficient (Wildman–Crippen LogP) is 1.71. The molecule has 0 fully saturated rings. The summed E-state index contributed by atoms with van der Waals surface area (Å²) >= 11 is 2.25. The molecule has 1 aromatic carbocycles. The van der Waals surface area contributed by atoms with Crippen molar-refractivity contribution in [1.29, 1.82) is 0 Å². The van der Waals surface area contributed by atoms with E-state index in [1.54, 1.807) is 0 Å². The Morgan fingerprint density at radius 1 is 1.50 bits per heavy atom. The summed E-state index contributed by atoms with van der Waals surface area (Å²) in [7, 11) is 0. The second-order valence-corrected chi connectivity index (χ2v) is 3.84. The number of hydrogen-bond acceptors (Lipinski definition) is 1. The van der Waals surface area contributed by atoms with Gasteiger partial charge < -0.3 is 5.73 Å². The van der Waals surface area contributed by atoms with Crippen molar-refractivity contribution in [3.05, 3.63) is 33.4 Å². The number of halogens is 1. The molecule has 3 heteroatoms. The van der Waals surface area contributed by atoms with Crippen LogP contribution in [0.3, 0.4) is 0 Å². The third-order valence-electron chi connectivity index (χ3n) is 1.55. The van der Waals surface area contributed by atoms with Crippen LogP contribution in [0.25, 0.3) is 0 Å². The molecule has 0 aliphatic rings. The Labute approximate surface area is 85.3 Å². The van der Waals surface area contributed by atoms with Crippen LogP contribution >= 0.6 is 22.6 Å². The molecule has 2 nitrogen and oxygen atoms in total. The Bertz CT molecular complexity index is 286. The van der Waals surface area contributed by atoms with E-state index in [-0.39, 0.29) is 5.91 Å². The number of rotatable bonds is 3. The number of nitrogens with two attached hydrogens (primary N) is 1. The number of primary amides is 1. The largest absolute Gasteiger partial charge is 0.370 e. The van der Waals surface area contributed by atoms with Crippen molar-refractivity contribution < 1.29 is 4.79 Å². The fourth-order valence-corrected chi connectivity index (χ4v) is 1.57. The van der Waals surface area contributed by atoms with Crippen LogP contribution < -0.4 is 5.73 Å². The highest BCUT2D eigenvalue weighted by Gasteiger charge is 1.96. The minimum Gasteiger partial charge on any atom is -0.370 e. The van der Waals surface area contributed by atoms with Gasteiger partial charge in [-0.3, -0.25) is 4.79 Å². The Balaban J connectivity index is 2.57. The van der Waals surface area contributed by atoms with Gasteiger partial charge >= 0.3 is 0 Å². The van der Waals surface area contributed by atoms with E-state index in [1.807, 2.05) is 18.2 Å². The molecule has 0 saturated heterocycles. The topological polar surface area (TPSA) is 43.1 Å². The van der Waals surface area contributed by atoms with E-state index in [0.717, 1.165) is 6.42 Å². The third-order valence-corrected chi connectivity index (χ3v) is 2.22. The highest BCUT2D eigenvalue weighted by Crippen LogP contribution is 2.09. The van der Waals surface area contributed by atoms with Gasteiger partial charge in [-0.15, -0.1) is 0 Å². The zero-order chi connectivity index (χ0) is 8.97. The summed E-state index contributed by atoms with van der Waals surface area (Å²) in [5.41, 5.74) is 6.20. The second-order valence-electron chi connectivity index (χ2n) is 2.60. The van der Waals surface area contributed by atoms with Gasteiger partial charge in [0.15, 0.2) is 0 Å². The highest BCUT2D eigenvalue weighted by molar-refractivity contribution is 14.1. The summed E-state index contributed by atoms with van der Waals surface area (Å²) < 4.78 is 1.19. The fourth-order valence-electron chi connectivity index (χ4n) is 0.960. The van der Waals surface area contributed by atoms with Crippen LogP contribution in [0.1, 0.15) is 12.0 Å². The average molecular weight is 275 g/mol. The Morgan fingerprint density at radius 2 is 2.25 bits per heavy atom. The molecule has 0 aliphatic heterocycles. The SMILES string of the molecule is NC(=O)CCc1cccc(I)c1. The summed E-state index contributed by atoms with van der Waals surface area (Å²) in [6.45, 7) is 0. The minimum atomic E-state index is -0.242. The molecule has 0 unspecified atom stereocenters. The first kappa shape index (κ1) is 9.51. The van der Waals surface area contributed by atoms with Crippen LogP contribution in [0, 0.1) is 3.57 Å². The van der Waals surface area contributed by atoms with E-state index in [1.165, 1.54) is 9.13 Å². The van der Waals surface area contributed by atoms with Crippen molar-refractivity contribution >= 4 is 28.5 Å². The van der Waals surface area contributed by atoms with Gasteiger partial charge in [-0.25, -0.2) is 0 Å². The molecule has 1 aromatic rings. The molecule has 12 heavy (non-hydrogen) atoms. The maximum atomic E-state index is 10.5. The van der Waals surface area contributed by atoms with Crippen LogP contribution in [0.5, 0.6) is 0 Å². The molecule has 0 bridgehead atoms. The molecule has 0 aliphatic carbocycles. The number of carbonyl (C=O) groups is 1. The maximum absolute atomic E-state index is 10.5. The molecule has 64 valence electrons. The number of aryl methyl sites for hydroxylation is 1. The normalized spacial score (nSPS) is 9.75. The van der Waals surface area contributed by atoms with E-state index in [2.05, 4.69) is 28.7 Å². The molecule has 0 heterocycles. The number of hydrogen-bond donors (Lipinski definition) is 1. The Hall–Kier alpha value is -0.580. The summed E-state index contributed by atoms with van der Waals surface area (Å²) in [5, 5.41) is 0. The average Bonchev–Trinajstić information content (AvgIpc) is 2.01. The van der Waals surface area contributed by atoms with Crippen molar-refractivity contribution in [2.45, 2.75) is 12.8 Å². The van der Waals surface area contributed by atoms with Crippen molar-refractivity contribution in [2.24, 2.45) is 5.73 Å². The van der Waals surface area contributed by atoms with Crippen LogP contribution in [-0.4, -0.2) is 5.91 Å². The van der Waals surface area contributed by atoms with Gasteiger partial charge in [0, 0.05) is 9.99 Å². The van der Waals surface area contributed by atoms with Crippen LogP contribution in [0.4, 0.5) is 0 Å². The first-order valence-corrected chi connectivity index (χ1v) is 4.79. The van der Waals surface area contributed by atoms with Crippen molar-refractivity contribution in [3.8, 4) is 0 Å². The van der Waals surface area contributed by atoms with Gasteiger partial charge in [0.05, 0.1) is 0 Å². The number of benzene rings is 1. The molecule has 0 aromatic heterocycles. The lowest BCUT2D eigenvalue weighted by Gasteiger charge is -1.98. The fraction of sp³-hybridized carbons (Fsp3) is 0.222. The lowest BCUT2D eigenvalue weighted by atomic mass is 10.1.